The van der Waals surface area contributed by atoms with E-state index < -0.39 is 11.9 Å². The van der Waals surface area contributed by atoms with Gasteiger partial charge in [0.1, 0.15) is 5.82 Å². The maximum absolute atomic E-state index is 13.9. The quantitative estimate of drug-likeness (QED) is 0.427. The average molecular weight is 474 g/mol. The molecule has 4 rings (SSSR count). The summed E-state index contributed by atoms with van der Waals surface area (Å²) in [6, 6.07) is 17.3. The Morgan fingerprint density at radius 1 is 1.00 bits per heavy atom. The van der Waals surface area contributed by atoms with Crippen LogP contribution in [0, 0.1) is 5.82 Å². The lowest BCUT2D eigenvalue weighted by molar-refractivity contribution is -0.135. The highest BCUT2D eigenvalue weighted by atomic mass is 32.1. The normalized spacial score (nSPS) is 14.0. The number of nitrogens with zero attached hydrogens (tertiary/aromatic N) is 1. The monoisotopic (exact) mass is 473 g/mol. The van der Waals surface area contributed by atoms with Gasteiger partial charge in [-0.05, 0) is 43.6 Å². The highest BCUT2D eigenvalue weighted by molar-refractivity contribution is 7.13. The Balaban J connectivity index is 0.000000420. The molecule has 2 heterocycles. The van der Waals surface area contributed by atoms with Crippen molar-refractivity contribution < 1.29 is 24.2 Å². The van der Waals surface area contributed by atoms with E-state index in [1.807, 2.05) is 12.1 Å². The van der Waals surface area contributed by atoms with E-state index in [0.717, 1.165) is 50.6 Å². The Bertz CT molecular complexity index is 1020. The molecule has 176 valence electrons. The summed E-state index contributed by atoms with van der Waals surface area (Å²) < 4.78 is 13.9. The van der Waals surface area contributed by atoms with E-state index in [2.05, 4.69) is 40.3 Å². The highest BCUT2D eigenvalue weighted by Crippen LogP contribution is 2.41. The first-order valence-corrected chi connectivity index (χ1v) is 11.3. The zero-order valence-corrected chi connectivity index (χ0v) is 19.4. The molecule has 3 aromatic rings. The number of carboxylic acid groups (broad SMARTS) is 2. The second-order valence-corrected chi connectivity index (χ2v) is 8.24. The van der Waals surface area contributed by atoms with Crippen molar-refractivity contribution in [1.82, 2.24) is 10.3 Å². The number of aliphatic carboxylic acids is 2. The number of thiazole rings is 1. The van der Waals surface area contributed by atoms with Gasteiger partial charge in [0.25, 0.3) is 11.9 Å². The Morgan fingerprint density at radius 3 is 2.12 bits per heavy atom. The summed E-state index contributed by atoms with van der Waals surface area (Å²) in [6.07, 6.45) is 2.03. The summed E-state index contributed by atoms with van der Waals surface area (Å²) in [7, 11) is 0. The molecule has 2 aromatic carbocycles. The van der Waals surface area contributed by atoms with Crippen LogP contribution < -0.4 is 10.6 Å². The Labute approximate surface area is 196 Å². The fourth-order valence-corrected chi connectivity index (χ4v) is 4.35. The smallest absolute Gasteiger partial charge is 0.300 e. The van der Waals surface area contributed by atoms with Gasteiger partial charge in [0.05, 0.1) is 11.4 Å². The van der Waals surface area contributed by atoms with Crippen LogP contribution in [0.5, 0.6) is 0 Å². The van der Waals surface area contributed by atoms with Gasteiger partial charge in [-0.15, -0.1) is 11.3 Å². The SMILES string of the molecule is CC(=O)O.CC(=O)O.Fc1ccccc1Nc1nc(C2(c3ccccc3)CCNCC2)cs1. The number of piperidine rings is 1. The molecule has 1 fully saturated rings. The van der Waals surface area contributed by atoms with Gasteiger partial charge in [0, 0.05) is 24.6 Å². The number of hydrogen-bond acceptors (Lipinski definition) is 6. The Morgan fingerprint density at radius 2 is 1.55 bits per heavy atom. The van der Waals surface area contributed by atoms with E-state index in [0.29, 0.717) is 5.69 Å². The van der Waals surface area contributed by atoms with Gasteiger partial charge in [-0.2, -0.15) is 0 Å². The Kier molecular flexibility index (Phi) is 9.96. The predicted octanol–water partition coefficient (Wildman–Crippen LogP) is 4.88. The number of anilines is 2. The van der Waals surface area contributed by atoms with E-state index in [9.17, 15) is 4.39 Å². The minimum absolute atomic E-state index is 0.0713. The third-order valence-electron chi connectivity index (χ3n) is 4.89. The molecule has 0 atom stereocenters. The van der Waals surface area contributed by atoms with Gasteiger partial charge in [-0.25, -0.2) is 9.37 Å². The molecule has 1 aliphatic rings. The summed E-state index contributed by atoms with van der Waals surface area (Å²) in [5.41, 5.74) is 2.77. The molecule has 7 nitrogen and oxygen atoms in total. The minimum Gasteiger partial charge on any atom is -0.481 e. The van der Waals surface area contributed by atoms with Gasteiger partial charge >= 0.3 is 0 Å². The molecule has 33 heavy (non-hydrogen) atoms. The Hall–Kier alpha value is -3.30. The number of carboxylic acids is 2. The molecule has 0 radical (unpaired) electrons. The van der Waals surface area contributed by atoms with Crippen LogP contribution >= 0.6 is 11.3 Å². The lowest BCUT2D eigenvalue weighted by atomic mass is 9.71. The topological polar surface area (TPSA) is 112 Å². The second-order valence-electron chi connectivity index (χ2n) is 7.38. The number of aromatic nitrogens is 1. The molecule has 0 amide bonds. The summed E-state index contributed by atoms with van der Waals surface area (Å²) >= 11 is 1.53. The first-order chi connectivity index (χ1) is 15.7. The molecule has 9 heteroatoms. The van der Waals surface area contributed by atoms with Crippen molar-refractivity contribution in [2.75, 3.05) is 18.4 Å². The van der Waals surface area contributed by atoms with Crippen LogP contribution in [-0.2, 0) is 15.0 Å². The second kappa shape index (κ2) is 12.7. The maximum Gasteiger partial charge on any atom is 0.300 e. The van der Waals surface area contributed by atoms with Crippen molar-refractivity contribution in [2.45, 2.75) is 32.1 Å². The number of halogens is 1. The largest absolute Gasteiger partial charge is 0.481 e. The maximum atomic E-state index is 13.9. The fourth-order valence-electron chi connectivity index (χ4n) is 3.53. The van der Waals surface area contributed by atoms with E-state index in [1.165, 1.54) is 23.0 Å². The minimum atomic E-state index is -0.833. The summed E-state index contributed by atoms with van der Waals surface area (Å²) in [5, 5.41) is 24.2. The van der Waals surface area contributed by atoms with Gasteiger partial charge in [-0.3, -0.25) is 9.59 Å². The van der Waals surface area contributed by atoms with Gasteiger partial charge < -0.3 is 20.8 Å². The predicted molar refractivity (Wildman–Crippen MR) is 128 cm³/mol. The molecule has 1 aliphatic heterocycles. The third kappa shape index (κ3) is 7.96. The number of benzene rings is 2. The van der Waals surface area contributed by atoms with Crippen molar-refractivity contribution >= 4 is 34.1 Å². The van der Waals surface area contributed by atoms with Gasteiger partial charge in [0.2, 0.25) is 0 Å². The van der Waals surface area contributed by atoms with E-state index in [-0.39, 0.29) is 11.2 Å². The van der Waals surface area contributed by atoms with Gasteiger partial charge in [0.15, 0.2) is 5.13 Å². The van der Waals surface area contributed by atoms with Crippen molar-refractivity contribution in [2.24, 2.45) is 0 Å². The van der Waals surface area contributed by atoms with E-state index in [1.54, 1.807) is 12.1 Å². The molecule has 0 unspecified atom stereocenters. The van der Waals surface area contributed by atoms with Crippen molar-refractivity contribution in [1.29, 1.82) is 0 Å². The molecule has 0 spiro atoms. The van der Waals surface area contributed by atoms with Crippen LogP contribution in [0.15, 0.2) is 60.0 Å². The zero-order chi connectivity index (χ0) is 24.3. The van der Waals surface area contributed by atoms with Crippen LogP contribution in [0.2, 0.25) is 0 Å². The lowest BCUT2D eigenvalue weighted by Crippen LogP contribution is -2.41. The number of hydrogen-bond donors (Lipinski definition) is 4. The van der Waals surface area contributed by atoms with Crippen LogP contribution in [0.3, 0.4) is 0 Å². The zero-order valence-electron chi connectivity index (χ0n) is 18.5. The lowest BCUT2D eigenvalue weighted by Gasteiger charge is -2.37. The molecular formula is C24H28FN3O4S. The average Bonchev–Trinajstić information content (AvgIpc) is 3.25. The van der Waals surface area contributed by atoms with Crippen molar-refractivity contribution in [3.05, 3.63) is 77.1 Å². The van der Waals surface area contributed by atoms with Crippen molar-refractivity contribution in [3.8, 4) is 0 Å². The number of carbonyl (C=O) groups is 2. The molecule has 0 saturated carbocycles. The van der Waals surface area contributed by atoms with E-state index >= 15 is 0 Å². The molecule has 1 saturated heterocycles. The number of nitrogens with one attached hydrogen (secondary N) is 2. The highest BCUT2D eigenvalue weighted by Gasteiger charge is 2.37. The van der Waals surface area contributed by atoms with Crippen LogP contribution in [0.1, 0.15) is 37.9 Å². The molecular weight excluding hydrogens is 445 g/mol. The fraction of sp³-hybridized carbons (Fsp3) is 0.292. The van der Waals surface area contributed by atoms with Crippen LogP contribution in [0.4, 0.5) is 15.2 Å². The number of rotatable bonds is 4. The first kappa shape index (κ1) is 26.0. The third-order valence-corrected chi connectivity index (χ3v) is 5.65. The van der Waals surface area contributed by atoms with Crippen LogP contribution in [-0.4, -0.2) is 40.2 Å². The molecule has 0 aliphatic carbocycles. The summed E-state index contributed by atoms with van der Waals surface area (Å²) in [5.74, 6) is -1.93. The van der Waals surface area contributed by atoms with E-state index in [4.69, 9.17) is 24.8 Å². The summed E-state index contributed by atoms with van der Waals surface area (Å²) in [6.45, 7) is 4.12. The number of para-hydroxylation sites is 1. The first-order valence-electron chi connectivity index (χ1n) is 10.4. The molecule has 1 aromatic heterocycles. The molecule has 4 N–H and O–H groups in total. The van der Waals surface area contributed by atoms with Crippen molar-refractivity contribution in [3.63, 3.8) is 0 Å². The van der Waals surface area contributed by atoms with Crippen LogP contribution in [0.25, 0.3) is 0 Å². The standard InChI is InChI=1S/C20H20FN3S.2C2H4O2/c21-16-8-4-5-9-17(16)23-19-24-18(14-25-19)20(10-12-22-13-11-20)15-6-2-1-3-7-15;2*1-2(3)4/h1-9,14,22H,10-13H2,(H,23,24);2*1H3,(H,3,4). The molecule has 0 bridgehead atoms. The summed E-state index contributed by atoms with van der Waals surface area (Å²) in [4.78, 5) is 22.8. The van der Waals surface area contributed by atoms with Gasteiger partial charge in [-0.1, -0.05) is 42.5 Å².